The third-order valence-electron chi connectivity index (χ3n) is 3.50. The van der Waals surface area contributed by atoms with Crippen molar-refractivity contribution in [3.63, 3.8) is 0 Å². The number of nitrogens with zero attached hydrogens (tertiary/aromatic N) is 1. The van der Waals surface area contributed by atoms with Gasteiger partial charge in [-0.3, -0.25) is 4.90 Å². The average molecular weight is 219 g/mol. The molecule has 0 amide bonds. The second-order valence-electron chi connectivity index (χ2n) is 4.57. The van der Waals surface area contributed by atoms with Gasteiger partial charge >= 0.3 is 0 Å². The molecule has 0 aromatic heterocycles. The molecule has 0 aromatic carbocycles. The average Bonchev–Trinajstić information content (AvgIpc) is 2.83. The molecule has 82 valence electrons. The van der Waals surface area contributed by atoms with Gasteiger partial charge in [-0.05, 0) is 18.8 Å². The molecule has 3 nitrogen and oxygen atoms in total. The third kappa shape index (κ3) is 2.06. The molecular weight excluding hydrogens is 200 g/mol. The molecule has 3 aliphatic rings. The zero-order valence-electron chi connectivity index (χ0n) is 8.45. The van der Waals surface area contributed by atoms with Gasteiger partial charge in [0.1, 0.15) is 0 Å². The topological polar surface area (TPSA) is 24.5 Å². The van der Waals surface area contributed by atoms with Crippen LogP contribution in [0.3, 0.4) is 0 Å². The molecule has 1 saturated carbocycles. The summed E-state index contributed by atoms with van der Waals surface area (Å²) in [5.74, 6) is 1.01. The standard InChI is InChI=1S/C10H18N2O.ClH/c1-2-8(1)7-12-3-4-13-10-6-11-5-9(10)12;/h8-11H,1-7H2;1H. The molecule has 0 aromatic rings. The number of halogens is 1. The molecular formula is C10H19ClN2O. The molecule has 14 heavy (non-hydrogen) atoms. The van der Waals surface area contributed by atoms with E-state index in [1.165, 1.54) is 19.4 Å². The van der Waals surface area contributed by atoms with Gasteiger partial charge in [0, 0.05) is 32.2 Å². The van der Waals surface area contributed by atoms with Crippen LogP contribution < -0.4 is 5.32 Å². The smallest absolute Gasteiger partial charge is 0.0867 e. The lowest BCUT2D eigenvalue weighted by Crippen LogP contribution is -2.51. The Morgan fingerprint density at radius 1 is 1.29 bits per heavy atom. The number of nitrogens with one attached hydrogen (secondary N) is 1. The van der Waals surface area contributed by atoms with Crippen LogP contribution >= 0.6 is 12.4 Å². The van der Waals surface area contributed by atoms with Crippen LogP contribution in [0.2, 0.25) is 0 Å². The van der Waals surface area contributed by atoms with E-state index in [9.17, 15) is 0 Å². The number of hydrogen-bond acceptors (Lipinski definition) is 3. The van der Waals surface area contributed by atoms with Crippen molar-refractivity contribution in [3.8, 4) is 0 Å². The van der Waals surface area contributed by atoms with Crippen LogP contribution in [0.5, 0.6) is 0 Å². The minimum absolute atomic E-state index is 0. The van der Waals surface area contributed by atoms with Gasteiger partial charge in [-0.1, -0.05) is 0 Å². The van der Waals surface area contributed by atoms with Gasteiger partial charge in [-0.2, -0.15) is 0 Å². The van der Waals surface area contributed by atoms with E-state index in [0.29, 0.717) is 12.1 Å². The Morgan fingerprint density at radius 2 is 2.14 bits per heavy atom. The molecule has 2 unspecified atom stereocenters. The van der Waals surface area contributed by atoms with E-state index in [4.69, 9.17) is 4.74 Å². The largest absolute Gasteiger partial charge is 0.374 e. The second-order valence-corrected chi connectivity index (χ2v) is 4.57. The van der Waals surface area contributed by atoms with Crippen molar-refractivity contribution < 1.29 is 4.74 Å². The molecule has 4 heteroatoms. The summed E-state index contributed by atoms with van der Waals surface area (Å²) in [6, 6.07) is 0.675. The van der Waals surface area contributed by atoms with Crippen LogP contribution in [-0.2, 0) is 4.74 Å². The summed E-state index contributed by atoms with van der Waals surface area (Å²) in [6.07, 6.45) is 3.40. The SMILES string of the molecule is C1CN(CC2CC2)C2CNCC2O1.Cl. The van der Waals surface area contributed by atoms with E-state index >= 15 is 0 Å². The highest BCUT2D eigenvalue weighted by molar-refractivity contribution is 5.85. The highest BCUT2D eigenvalue weighted by Crippen LogP contribution is 2.31. The van der Waals surface area contributed by atoms with Gasteiger partial charge in [0.15, 0.2) is 0 Å². The highest BCUT2D eigenvalue weighted by atomic mass is 35.5. The Morgan fingerprint density at radius 3 is 2.93 bits per heavy atom. The lowest BCUT2D eigenvalue weighted by atomic mass is 10.1. The Labute approximate surface area is 91.6 Å². The van der Waals surface area contributed by atoms with E-state index in [-0.39, 0.29) is 12.4 Å². The number of hydrogen-bond donors (Lipinski definition) is 1. The summed E-state index contributed by atoms with van der Waals surface area (Å²) in [5, 5.41) is 3.42. The molecule has 0 radical (unpaired) electrons. The van der Waals surface area contributed by atoms with E-state index in [2.05, 4.69) is 10.2 Å². The molecule has 2 heterocycles. The summed E-state index contributed by atoms with van der Waals surface area (Å²) in [4.78, 5) is 2.64. The normalized spacial score (nSPS) is 37.7. The van der Waals surface area contributed by atoms with E-state index in [1.54, 1.807) is 0 Å². The fourth-order valence-electron chi connectivity index (χ4n) is 2.52. The van der Waals surface area contributed by atoms with Gasteiger partial charge in [0.2, 0.25) is 0 Å². The molecule has 3 fully saturated rings. The number of fused-ring (bicyclic) bond motifs is 1. The summed E-state index contributed by atoms with van der Waals surface area (Å²) in [7, 11) is 0. The maximum absolute atomic E-state index is 5.73. The van der Waals surface area contributed by atoms with Gasteiger partial charge in [0.05, 0.1) is 12.7 Å². The van der Waals surface area contributed by atoms with Crippen molar-refractivity contribution in [2.75, 3.05) is 32.8 Å². The minimum atomic E-state index is 0. The van der Waals surface area contributed by atoms with Crippen molar-refractivity contribution in [1.29, 1.82) is 0 Å². The van der Waals surface area contributed by atoms with Crippen LogP contribution in [0.4, 0.5) is 0 Å². The van der Waals surface area contributed by atoms with E-state index in [1.807, 2.05) is 0 Å². The first-order valence-corrected chi connectivity index (χ1v) is 5.50. The third-order valence-corrected chi connectivity index (χ3v) is 3.50. The van der Waals surface area contributed by atoms with Crippen LogP contribution in [0.1, 0.15) is 12.8 Å². The zero-order valence-corrected chi connectivity index (χ0v) is 9.26. The summed E-state index contributed by atoms with van der Waals surface area (Å²) in [5.41, 5.74) is 0. The first-order chi connectivity index (χ1) is 6.43. The molecule has 2 saturated heterocycles. The minimum Gasteiger partial charge on any atom is -0.374 e. The first-order valence-electron chi connectivity index (χ1n) is 5.50. The fraction of sp³-hybridized carbons (Fsp3) is 1.00. The van der Waals surface area contributed by atoms with Gasteiger partial charge < -0.3 is 10.1 Å². The molecule has 2 aliphatic heterocycles. The highest BCUT2D eigenvalue weighted by Gasteiger charge is 2.38. The Bertz CT molecular complexity index is 199. The molecule has 1 aliphatic carbocycles. The monoisotopic (exact) mass is 218 g/mol. The maximum atomic E-state index is 5.73. The lowest BCUT2D eigenvalue weighted by Gasteiger charge is -2.36. The molecule has 0 spiro atoms. The fourth-order valence-corrected chi connectivity index (χ4v) is 2.52. The van der Waals surface area contributed by atoms with Gasteiger partial charge in [-0.15, -0.1) is 12.4 Å². The quantitative estimate of drug-likeness (QED) is 0.731. The Balaban J connectivity index is 0.000000750. The Hall–Kier alpha value is 0.170. The number of morpholine rings is 1. The summed E-state index contributed by atoms with van der Waals surface area (Å²) >= 11 is 0. The van der Waals surface area contributed by atoms with Crippen molar-refractivity contribution in [3.05, 3.63) is 0 Å². The van der Waals surface area contributed by atoms with Crippen LogP contribution in [0, 0.1) is 5.92 Å². The van der Waals surface area contributed by atoms with Crippen molar-refractivity contribution >= 4 is 12.4 Å². The van der Waals surface area contributed by atoms with Crippen molar-refractivity contribution in [2.24, 2.45) is 5.92 Å². The van der Waals surface area contributed by atoms with E-state index in [0.717, 1.165) is 32.2 Å². The van der Waals surface area contributed by atoms with Crippen LogP contribution in [0.25, 0.3) is 0 Å². The number of ether oxygens (including phenoxy) is 1. The Kier molecular flexibility index (Phi) is 3.32. The second kappa shape index (κ2) is 4.35. The summed E-state index contributed by atoms with van der Waals surface area (Å²) < 4.78 is 5.73. The lowest BCUT2D eigenvalue weighted by molar-refractivity contribution is -0.0481. The molecule has 3 rings (SSSR count). The molecule has 0 bridgehead atoms. The first kappa shape index (κ1) is 10.7. The summed E-state index contributed by atoms with van der Waals surface area (Å²) in [6.45, 7) is 5.62. The molecule has 2 atom stereocenters. The van der Waals surface area contributed by atoms with Crippen molar-refractivity contribution in [2.45, 2.75) is 25.0 Å². The van der Waals surface area contributed by atoms with Crippen LogP contribution in [-0.4, -0.2) is 49.8 Å². The van der Waals surface area contributed by atoms with E-state index < -0.39 is 0 Å². The maximum Gasteiger partial charge on any atom is 0.0867 e. The predicted molar refractivity (Wildman–Crippen MR) is 57.9 cm³/mol. The van der Waals surface area contributed by atoms with Crippen molar-refractivity contribution in [1.82, 2.24) is 10.2 Å². The zero-order chi connectivity index (χ0) is 8.67. The predicted octanol–water partition coefficient (Wildman–Crippen LogP) is 0.491. The number of rotatable bonds is 2. The van der Waals surface area contributed by atoms with Gasteiger partial charge in [-0.25, -0.2) is 0 Å². The van der Waals surface area contributed by atoms with Crippen LogP contribution in [0.15, 0.2) is 0 Å². The molecule has 1 N–H and O–H groups in total. The van der Waals surface area contributed by atoms with Gasteiger partial charge in [0.25, 0.3) is 0 Å².